The van der Waals surface area contributed by atoms with Gasteiger partial charge in [-0.25, -0.2) is 0 Å². The molecule has 82 valence electrons. The lowest BCUT2D eigenvalue weighted by molar-refractivity contribution is -0.141. The van der Waals surface area contributed by atoms with E-state index in [0.717, 1.165) is 6.26 Å². The van der Waals surface area contributed by atoms with Crippen molar-refractivity contribution in [3.63, 3.8) is 0 Å². The predicted molar refractivity (Wildman–Crippen MR) is 52.6 cm³/mol. The van der Waals surface area contributed by atoms with E-state index in [9.17, 15) is 13.2 Å². The van der Waals surface area contributed by atoms with Gasteiger partial charge in [-0.1, -0.05) is 15.9 Å². The Balaban J connectivity index is 2.72. The van der Waals surface area contributed by atoms with E-state index in [0.29, 0.717) is 12.8 Å². The molecule has 0 aromatic carbocycles. The third kappa shape index (κ3) is 2.68. The van der Waals surface area contributed by atoms with Crippen LogP contribution in [0.5, 0.6) is 0 Å². The Hall–Kier alpha value is -0.140. The van der Waals surface area contributed by atoms with E-state index < -0.39 is 26.5 Å². The van der Waals surface area contributed by atoms with Crippen LogP contribution in [-0.2, 0) is 23.8 Å². The van der Waals surface area contributed by atoms with Crippen LogP contribution in [0.25, 0.3) is 0 Å². The fourth-order valence-electron chi connectivity index (χ4n) is 1.12. The molecule has 0 aromatic rings. The van der Waals surface area contributed by atoms with Gasteiger partial charge in [0.25, 0.3) is 10.1 Å². The molecule has 1 unspecified atom stereocenters. The highest BCUT2D eigenvalue weighted by atomic mass is 79.9. The Bertz CT molecular complexity index is 332. The van der Waals surface area contributed by atoms with Crippen LogP contribution >= 0.6 is 15.9 Å². The lowest BCUT2D eigenvalue weighted by Crippen LogP contribution is -2.35. The normalized spacial score (nSPS) is 21.4. The van der Waals surface area contributed by atoms with Crippen LogP contribution in [0.3, 0.4) is 0 Å². The Morgan fingerprint density at radius 3 is 2.29 bits per heavy atom. The maximum absolute atomic E-state index is 11.1. The molecule has 0 amide bonds. The molecule has 1 fully saturated rings. The maximum atomic E-state index is 11.1. The zero-order valence-corrected chi connectivity index (χ0v) is 10.2. The summed E-state index contributed by atoms with van der Waals surface area (Å²) >= 11 is 3.08. The number of ether oxygens (including phenoxy) is 1. The monoisotopic (exact) mass is 286 g/mol. The quantitative estimate of drug-likeness (QED) is 0.426. The Morgan fingerprint density at radius 2 is 2.00 bits per heavy atom. The Kier molecular flexibility index (Phi) is 3.23. The largest absolute Gasteiger partial charge is 0.468 e. The van der Waals surface area contributed by atoms with Gasteiger partial charge in [-0.3, -0.25) is 8.98 Å². The van der Waals surface area contributed by atoms with Crippen LogP contribution in [0, 0.1) is 0 Å². The number of carbonyl (C=O) groups is 1. The summed E-state index contributed by atoms with van der Waals surface area (Å²) in [5.74, 6) is -0.522. The van der Waals surface area contributed by atoms with Crippen molar-refractivity contribution in [1.82, 2.24) is 0 Å². The van der Waals surface area contributed by atoms with E-state index in [4.69, 9.17) is 4.18 Å². The van der Waals surface area contributed by atoms with Crippen LogP contribution in [0.15, 0.2) is 0 Å². The summed E-state index contributed by atoms with van der Waals surface area (Å²) in [7, 11) is -2.30. The van der Waals surface area contributed by atoms with E-state index >= 15 is 0 Å². The third-order valence-corrected chi connectivity index (χ3v) is 3.77. The van der Waals surface area contributed by atoms with Crippen molar-refractivity contribution in [2.75, 3.05) is 13.4 Å². The van der Waals surface area contributed by atoms with Crippen LogP contribution in [0.4, 0.5) is 0 Å². The van der Waals surface area contributed by atoms with Crippen molar-refractivity contribution in [3.05, 3.63) is 0 Å². The first kappa shape index (κ1) is 11.9. The van der Waals surface area contributed by atoms with Gasteiger partial charge in [-0.15, -0.1) is 0 Å². The molecule has 1 rings (SSSR count). The number of halogens is 1. The first-order chi connectivity index (χ1) is 6.31. The molecule has 0 spiro atoms. The van der Waals surface area contributed by atoms with Crippen LogP contribution in [0.2, 0.25) is 0 Å². The molecule has 0 aliphatic heterocycles. The van der Waals surface area contributed by atoms with Gasteiger partial charge < -0.3 is 4.74 Å². The van der Waals surface area contributed by atoms with Gasteiger partial charge in [0.05, 0.1) is 13.4 Å². The molecule has 5 nitrogen and oxygen atoms in total. The summed E-state index contributed by atoms with van der Waals surface area (Å²) < 4.78 is 31.2. The van der Waals surface area contributed by atoms with Crippen molar-refractivity contribution < 1.29 is 22.1 Å². The smallest absolute Gasteiger partial charge is 0.322 e. The standard InChI is InChI=1S/C7H11BrO5S/c1-12-6(9)5(8)7(3-4-7)13-14(2,10)11/h5H,3-4H2,1-2H3. The molecule has 0 heterocycles. The molecule has 1 saturated carbocycles. The molecular weight excluding hydrogens is 276 g/mol. The van der Waals surface area contributed by atoms with E-state index in [2.05, 4.69) is 20.7 Å². The number of hydrogen-bond acceptors (Lipinski definition) is 5. The first-order valence-corrected chi connectivity index (χ1v) is 6.66. The lowest BCUT2D eigenvalue weighted by atomic mass is 10.2. The third-order valence-electron chi connectivity index (χ3n) is 1.93. The second-order valence-electron chi connectivity index (χ2n) is 3.24. The number of alkyl halides is 1. The van der Waals surface area contributed by atoms with Gasteiger partial charge in [0.2, 0.25) is 0 Å². The lowest BCUT2D eigenvalue weighted by Gasteiger charge is -2.18. The Morgan fingerprint density at radius 1 is 1.50 bits per heavy atom. The first-order valence-electron chi connectivity index (χ1n) is 3.93. The fourth-order valence-corrected chi connectivity index (χ4v) is 2.85. The van der Waals surface area contributed by atoms with Gasteiger partial charge in [0.1, 0.15) is 10.4 Å². The van der Waals surface area contributed by atoms with Crippen molar-refractivity contribution in [2.45, 2.75) is 23.3 Å². The number of carbonyl (C=O) groups excluding carboxylic acids is 1. The second kappa shape index (κ2) is 3.79. The molecule has 0 saturated heterocycles. The highest BCUT2D eigenvalue weighted by Crippen LogP contribution is 2.47. The van der Waals surface area contributed by atoms with Gasteiger partial charge in [0.15, 0.2) is 0 Å². The van der Waals surface area contributed by atoms with Crippen LogP contribution in [-0.4, -0.2) is 38.2 Å². The molecule has 1 aliphatic rings. The SMILES string of the molecule is COC(=O)C(Br)C1(OS(C)(=O)=O)CC1. The zero-order valence-electron chi connectivity index (χ0n) is 7.82. The summed E-state index contributed by atoms with van der Waals surface area (Å²) in [6.07, 6.45) is 2.03. The average molecular weight is 287 g/mol. The predicted octanol–water partition coefficient (Wildman–Crippen LogP) is 0.432. The minimum atomic E-state index is -3.54. The van der Waals surface area contributed by atoms with Gasteiger partial charge in [0, 0.05) is 0 Å². The molecule has 1 atom stereocenters. The molecule has 14 heavy (non-hydrogen) atoms. The number of rotatable bonds is 4. The average Bonchev–Trinajstić information content (AvgIpc) is 2.80. The fraction of sp³-hybridized carbons (Fsp3) is 0.857. The summed E-state index contributed by atoms with van der Waals surface area (Å²) in [5.41, 5.74) is -0.930. The van der Waals surface area contributed by atoms with Crippen LogP contribution < -0.4 is 0 Å². The molecule has 0 radical (unpaired) electrons. The zero-order chi connectivity index (χ0) is 11.0. The van der Waals surface area contributed by atoms with Gasteiger partial charge in [-0.05, 0) is 12.8 Å². The topological polar surface area (TPSA) is 69.7 Å². The minimum Gasteiger partial charge on any atom is -0.468 e. The van der Waals surface area contributed by atoms with Crippen molar-refractivity contribution in [1.29, 1.82) is 0 Å². The van der Waals surface area contributed by atoms with Crippen molar-refractivity contribution in [3.8, 4) is 0 Å². The highest BCUT2D eigenvalue weighted by molar-refractivity contribution is 9.10. The second-order valence-corrected chi connectivity index (χ2v) is 5.73. The van der Waals surface area contributed by atoms with E-state index in [1.165, 1.54) is 7.11 Å². The number of hydrogen-bond donors (Lipinski definition) is 0. The maximum Gasteiger partial charge on any atom is 0.322 e. The molecule has 0 aromatic heterocycles. The van der Waals surface area contributed by atoms with Crippen LogP contribution in [0.1, 0.15) is 12.8 Å². The minimum absolute atomic E-state index is 0.522. The van der Waals surface area contributed by atoms with Gasteiger partial charge >= 0.3 is 5.97 Å². The number of methoxy groups -OCH3 is 1. The molecular formula is C7H11BrO5S. The molecule has 7 heteroatoms. The summed E-state index contributed by atoms with van der Waals surface area (Å²) in [4.78, 5) is 10.4. The van der Waals surface area contributed by atoms with Crippen molar-refractivity contribution >= 4 is 32.0 Å². The number of esters is 1. The molecule has 0 N–H and O–H groups in total. The summed E-state index contributed by atoms with van der Waals surface area (Å²) in [5, 5.41) is 0. The molecule has 0 bridgehead atoms. The summed E-state index contributed by atoms with van der Waals surface area (Å²) in [6.45, 7) is 0. The van der Waals surface area contributed by atoms with Crippen molar-refractivity contribution in [2.24, 2.45) is 0 Å². The highest BCUT2D eigenvalue weighted by Gasteiger charge is 2.56. The van der Waals surface area contributed by atoms with E-state index in [1.54, 1.807) is 0 Å². The Labute approximate surface area is 91.0 Å². The van der Waals surface area contributed by atoms with E-state index in [1.807, 2.05) is 0 Å². The summed E-state index contributed by atoms with van der Waals surface area (Å²) in [6, 6.07) is 0. The molecule has 1 aliphatic carbocycles. The van der Waals surface area contributed by atoms with E-state index in [-0.39, 0.29) is 0 Å². The van der Waals surface area contributed by atoms with Gasteiger partial charge in [-0.2, -0.15) is 8.42 Å².